The van der Waals surface area contributed by atoms with E-state index in [0.717, 1.165) is 19.6 Å². The van der Waals surface area contributed by atoms with Crippen LogP contribution < -0.4 is 15.4 Å². The lowest BCUT2D eigenvalue weighted by molar-refractivity contribution is -0.141. The second-order valence-electron chi connectivity index (χ2n) is 5.35. The van der Waals surface area contributed by atoms with Crippen molar-refractivity contribution in [2.75, 3.05) is 38.6 Å². The number of hydrogen-bond donors (Lipinski definition) is 3. The number of ether oxygens (including phenoxy) is 1. The molecule has 1 aromatic carbocycles. The highest BCUT2D eigenvalue weighted by atomic mass is 16.5. The largest absolute Gasteiger partial charge is 0.497 e. The van der Waals surface area contributed by atoms with Crippen LogP contribution in [0.25, 0.3) is 0 Å². The van der Waals surface area contributed by atoms with Crippen LogP contribution in [0.3, 0.4) is 0 Å². The first-order valence-electron chi connectivity index (χ1n) is 8.12. The van der Waals surface area contributed by atoms with Crippen molar-refractivity contribution in [3.63, 3.8) is 0 Å². The fourth-order valence-corrected chi connectivity index (χ4v) is 2.26. The molecule has 0 spiro atoms. The molecule has 1 rings (SSSR count). The van der Waals surface area contributed by atoms with Gasteiger partial charge in [-0.15, -0.1) is 0 Å². The molecule has 0 aliphatic carbocycles. The summed E-state index contributed by atoms with van der Waals surface area (Å²) in [6.45, 7) is 7.20. The summed E-state index contributed by atoms with van der Waals surface area (Å²) in [6, 6.07) is 5.97. The van der Waals surface area contributed by atoms with Crippen molar-refractivity contribution in [2.45, 2.75) is 26.3 Å². The molecule has 0 heterocycles. The predicted octanol–water partition coefficient (Wildman–Crippen LogP) is 1.41. The topological polar surface area (TPSA) is 90.9 Å². The molecular formula is C17H27N3O4. The van der Waals surface area contributed by atoms with E-state index in [-0.39, 0.29) is 12.3 Å². The molecule has 0 aromatic heterocycles. The van der Waals surface area contributed by atoms with Crippen LogP contribution in [0, 0.1) is 0 Å². The Morgan fingerprint density at radius 3 is 2.33 bits per heavy atom. The highest BCUT2D eigenvalue weighted by Gasteiger charge is 2.20. The third-order valence-corrected chi connectivity index (χ3v) is 3.77. The monoisotopic (exact) mass is 337 g/mol. The lowest BCUT2D eigenvalue weighted by Gasteiger charge is -2.20. The molecule has 134 valence electrons. The zero-order chi connectivity index (χ0) is 17.9. The zero-order valence-electron chi connectivity index (χ0n) is 14.5. The highest BCUT2D eigenvalue weighted by Crippen LogP contribution is 2.15. The third kappa shape index (κ3) is 6.97. The van der Waals surface area contributed by atoms with Gasteiger partial charge in [0, 0.05) is 18.8 Å². The zero-order valence-corrected chi connectivity index (χ0v) is 14.5. The Hall–Kier alpha value is -2.12. The minimum Gasteiger partial charge on any atom is -0.497 e. The first kappa shape index (κ1) is 19.9. The number of anilines is 1. The summed E-state index contributed by atoms with van der Waals surface area (Å²) < 4.78 is 5.05. The van der Waals surface area contributed by atoms with Gasteiger partial charge in [0.25, 0.3) is 0 Å². The van der Waals surface area contributed by atoms with Crippen molar-refractivity contribution in [2.24, 2.45) is 0 Å². The van der Waals surface area contributed by atoms with Crippen molar-refractivity contribution >= 4 is 17.6 Å². The van der Waals surface area contributed by atoms with E-state index in [2.05, 4.69) is 29.4 Å². The summed E-state index contributed by atoms with van der Waals surface area (Å²) in [5.41, 5.74) is 0.605. The Morgan fingerprint density at radius 1 is 1.21 bits per heavy atom. The van der Waals surface area contributed by atoms with Crippen LogP contribution in [-0.4, -0.2) is 61.2 Å². The van der Waals surface area contributed by atoms with E-state index in [0.29, 0.717) is 18.0 Å². The van der Waals surface area contributed by atoms with Gasteiger partial charge in [-0.1, -0.05) is 13.8 Å². The minimum absolute atomic E-state index is 0.125. The van der Waals surface area contributed by atoms with Crippen molar-refractivity contribution in [3.05, 3.63) is 24.3 Å². The van der Waals surface area contributed by atoms with Gasteiger partial charge < -0.3 is 25.4 Å². The maximum Gasteiger partial charge on any atom is 0.321 e. The number of nitrogens with zero attached hydrogens (tertiary/aromatic N) is 1. The van der Waals surface area contributed by atoms with Gasteiger partial charge in [-0.3, -0.25) is 9.59 Å². The number of hydrogen-bond acceptors (Lipinski definition) is 5. The number of carbonyl (C=O) groups excluding carboxylic acids is 1. The SMILES string of the molecule is CCN(CC)CCNC(CC(=O)Nc1ccc(OC)cc1)C(=O)O. The average molecular weight is 337 g/mol. The van der Waals surface area contributed by atoms with Crippen LogP contribution in [0.4, 0.5) is 5.69 Å². The Kier molecular flexibility index (Phi) is 8.81. The molecule has 1 amide bonds. The van der Waals surface area contributed by atoms with Crippen LogP contribution in [0.5, 0.6) is 5.75 Å². The summed E-state index contributed by atoms with van der Waals surface area (Å²) >= 11 is 0. The number of likely N-dealkylation sites (N-methyl/N-ethyl adjacent to an activating group) is 1. The maximum absolute atomic E-state index is 12.0. The number of carbonyl (C=O) groups is 2. The average Bonchev–Trinajstić information content (AvgIpc) is 2.58. The fraction of sp³-hybridized carbons (Fsp3) is 0.529. The van der Waals surface area contributed by atoms with Gasteiger partial charge in [0.05, 0.1) is 13.5 Å². The van der Waals surface area contributed by atoms with E-state index in [1.807, 2.05) is 0 Å². The Bertz CT molecular complexity index is 515. The molecule has 3 N–H and O–H groups in total. The summed E-state index contributed by atoms with van der Waals surface area (Å²) in [5, 5.41) is 14.9. The van der Waals surface area contributed by atoms with Gasteiger partial charge in [-0.2, -0.15) is 0 Å². The summed E-state index contributed by atoms with van der Waals surface area (Å²) in [4.78, 5) is 25.5. The van der Waals surface area contributed by atoms with E-state index < -0.39 is 12.0 Å². The molecule has 1 atom stereocenters. The summed E-state index contributed by atoms with van der Waals surface area (Å²) in [5.74, 6) is -0.684. The molecule has 0 saturated carbocycles. The van der Waals surface area contributed by atoms with E-state index in [4.69, 9.17) is 4.74 Å². The molecule has 0 saturated heterocycles. The second-order valence-corrected chi connectivity index (χ2v) is 5.35. The van der Waals surface area contributed by atoms with E-state index >= 15 is 0 Å². The van der Waals surface area contributed by atoms with Crippen LogP contribution in [0.2, 0.25) is 0 Å². The number of methoxy groups -OCH3 is 1. The molecule has 0 radical (unpaired) electrons. The fourth-order valence-electron chi connectivity index (χ4n) is 2.26. The van der Waals surface area contributed by atoms with Gasteiger partial charge in [0.15, 0.2) is 0 Å². The van der Waals surface area contributed by atoms with Crippen molar-refractivity contribution in [1.82, 2.24) is 10.2 Å². The van der Waals surface area contributed by atoms with Crippen LogP contribution in [0.15, 0.2) is 24.3 Å². The quantitative estimate of drug-likeness (QED) is 0.565. The second kappa shape index (κ2) is 10.6. The molecule has 1 aromatic rings. The normalized spacial score (nSPS) is 12.0. The van der Waals surface area contributed by atoms with Gasteiger partial charge in [0.1, 0.15) is 11.8 Å². The Balaban J connectivity index is 2.48. The maximum atomic E-state index is 12.0. The Labute approximate surface area is 143 Å². The molecule has 1 unspecified atom stereocenters. The number of amides is 1. The van der Waals surface area contributed by atoms with E-state index in [1.165, 1.54) is 0 Å². The standard InChI is InChI=1S/C17H27N3O4/c1-4-20(5-2)11-10-18-15(17(22)23)12-16(21)19-13-6-8-14(24-3)9-7-13/h6-9,15,18H,4-5,10-12H2,1-3H3,(H,19,21)(H,22,23). The van der Waals surface area contributed by atoms with Crippen molar-refractivity contribution < 1.29 is 19.4 Å². The number of aliphatic carboxylic acids is 1. The third-order valence-electron chi connectivity index (χ3n) is 3.77. The minimum atomic E-state index is -1.03. The van der Waals surface area contributed by atoms with Crippen LogP contribution in [-0.2, 0) is 9.59 Å². The van der Waals surface area contributed by atoms with Crippen LogP contribution >= 0.6 is 0 Å². The molecule has 0 aliphatic rings. The number of carboxylic acids is 1. The number of nitrogens with one attached hydrogen (secondary N) is 2. The molecule has 0 bridgehead atoms. The van der Waals surface area contributed by atoms with Gasteiger partial charge in [0.2, 0.25) is 5.91 Å². The number of rotatable bonds is 11. The van der Waals surface area contributed by atoms with Crippen molar-refractivity contribution in [3.8, 4) is 5.75 Å². The van der Waals surface area contributed by atoms with E-state index in [1.54, 1.807) is 31.4 Å². The highest BCUT2D eigenvalue weighted by molar-refractivity contribution is 5.94. The van der Waals surface area contributed by atoms with Gasteiger partial charge in [-0.05, 0) is 37.4 Å². The summed E-state index contributed by atoms with van der Waals surface area (Å²) in [7, 11) is 1.56. The molecule has 0 fully saturated rings. The van der Waals surface area contributed by atoms with Gasteiger partial charge in [-0.25, -0.2) is 0 Å². The predicted molar refractivity (Wildman–Crippen MR) is 93.5 cm³/mol. The van der Waals surface area contributed by atoms with Crippen LogP contribution in [0.1, 0.15) is 20.3 Å². The summed E-state index contributed by atoms with van der Waals surface area (Å²) in [6.07, 6.45) is -0.125. The first-order chi connectivity index (χ1) is 11.5. The van der Waals surface area contributed by atoms with E-state index in [9.17, 15) is 14.7 Å². The molecule has 7 heteroatoms. The van der Waals surface area contributed by atoms with Crippen molar-refractivity contribution in [1.29, 1.82) is 0 Å². The number of carboxylic acid groups (broad SMARTS) is 1. The Morgan fingerprint density at radius 2 is 1.83 bits per heavy atom. The molecule has 24 heavy (non-hydrogen) atoms. The smallest absolute Gasteiger partial charge is 0.321 e. The first-order valence-corrected chi connectivity index (χ1v) is 8.12. The number of benzene rings is 1. The molecule has 7 nitrogen and oxygen atoms in total. The molecule has 0 aliphatic heterocycles. The van der Waals surface area contributed by atoms with Gasteiger partial charge >= 0.3 is 5.97 Å². The lowest BCUT2D eigenvalue weighted by atomic mass is 10.2. The lowest BCUT2D eigenvalue weighted by Crippen LogP contribution is -2.43. The molecular weight excluding hydrogens is 310 g/mol.